The van der Waals surface area contributed by atoms with Gasteiger partial charge in [0.25, 0.3) is 0 Å². The zero-order chi connectivity index (χ0) is 19.1. The Morgan fingerprint density at radius 2 is 1.89 bits per heavy atom. The van der Waals surface area contributed by atoms with E-state index in [9.17, 15) is 5.11 Å². The van der Waals surface area contributed by atoms with Crippen LogP contribution in [0, 0.1) is 11.8 Å². The number of likely N-dealkylation sites (tertiary alicyclic amines) is 1. The molecule has 1 aliphatic carbocycles. The fourth-order valence-corrected chi connectivity index (χ4v) is 5.06. The van der Waals surface area contributed by atoms with Gasteiger partial charge in [-0.2, -0.15) is 0 Å². The van der Waals surface area contributed by atoms with Crippen molar-refractivity contribution in [3.8, 4) is 5.88 Å². The molecule has 0 spiro atoms. The zero-order valence-electron chi connectivity index (χ0n) is 16.1. The minimum Gasteiger partial charge on any atom is -0.481 e. The van der Waals surface area contributed by atoms with Gasteiger partial charge in [0.15, 0.2) is 0 Å². The predicted molar refractivity (Wildman–Crippen MR) is 107 cm³/mol. The number of hydrogen-bond acceptors (Lipinski definition) is 5. The van der Waals surface area contributed by atoms with Gasteiger partial charge >= 0.3 is 0 Å². The molecule has 4 atom stereocenters. The third-order valence-corrected chi connectivity index (χ3v) is 6.44. The van der Waals surface area contributed by atoms with E-state index in [4.69, 9.17) is 4.74 Å². The highest BCUT2D eigenvalue weighted by molar-refractivity contribution is 5.75. The number of ether oxygens (including phenoxy) is 1. The zero-order valence-corrected chi connectivity index (χ0v) is 16.1. The first-order chi connectivity index (χ1) is 13.7. The van der Waals surface area contributed by atoms with Crippen molar-refractivity contribution in [3.05, 3.63) is 54.5 Å². The fraction of sp³-hybridized carbons (Fsp3) is 0.455. The number of hydrogen-bond donors (Lipinski definition) is 1. The Kier molecular flexibility index (Phi) is 4.53. The number of aromatic nitrogens is 3. The van der Waals surface area contributed by atoms with Gasteiger partial charge in [-0.1, -0.05) is 18.2 Å². The molecule has 0 amide bonds. The van der Waals surface area contributed by atoms with Crippen molar-refractivity contribution in [1.29, 1.82) is 0 Å². The van der Waals surface area contributed by atoms with Gasteiger partial charge in [-0.15, -0.1) is 0 Å². The van der Waals surface area contributed by atoms with E-state index in [0.29, 0.717) is 17.7 Å². The number of fused-ring (bicyclic) bond motifs is 2. The van der Waals surface area contributed by atoms with E-state index in [1.165, 1.54) is 5.56 Å². The Morgan fingerprint density at radius 1 is 1.07 bits per heavy atom. The van der Waals surface area contributed by atoms with E-state index in [-0.39, 0.29) is 12.1 Å². The molecule has 1 aromatic carbocycles. The summed E-state index contributed by atoms with van der Waals surface area (Å²) >= 11 is 0. The smallest absolute Gasteiger partial charge is 0.212 e. The third-order valence-electron chi connectivity index (χ3n) is 6.44. The van der Waals surface area contributed by atoms with Crippen molar-refractivity contribution in [3.63, 3.8) is 0 Å². The van der Waals surface area contributed by atoms with Crippen LogP contribution in [-0.2, 0) is 6.54 Å². The maximum atomic E-state index is 10.9. The summed E-state index contributed by atoms with van der Waals surface area (Å²) < 4.78 is 7.33. The summed E-state index contributed by atoms with van der Waals surface area (Å²) in [6, 6.07) is 12.3. The molecule has 0 radical (unpaired) electrons. The molecule has 2 fully saturated rings. The Hall–Kier alpha value is -2.44. The van der Waals surface area contributed by atoms with Crippen LogP contribution in [0.1, 0.15) is 24.4 Å². The normalized spacial score (nSPS) is 27.8. The number of aliphatic hydroxyl groups excluding tert-OH is 1. The molecule has 0 bridgehead atoms. The number of methoxy groups -OCH3 is 1. The lowest BCUT2D eigenvalue weighted by molar-refractivity contribution is 0.0374. The molecule has 2 aliphatic rings. The van der Waals surface area contributed by atoms with Crippen molar-refractivity contribution in [1.82, 2.24) is 19.4 Å². The Labute approximate surface area is 164 Å². The number of imidazole rings is 1. The van der Waals surface area contributed by atoms with Gasteiger partial charge in [0.05, 0.1) is 36.6 Å². The second-order valence-electron chi connectivity index (χ2n) is 8.17. The average Bonchev–Trinajstić information content (AvgIpc) is 3.31. The highest BCUT2D eigenvalue weighted by Crippen LogP contribution is 2.42. The fourth-order valence-electron chi connectivity index (χ4n) is 5.06. The maximum absolute atomic E-state index is 10.9. The monoisotopic (exact) mass is 378 g/mol. The van der Waals surface area contributed by atoms with Crippen molar-refractivity contribution in [2.75, 3.05) is 20.2 Å². The molecule has 1 aliphatic heterocycles. The number of para-hydroxylation sites is 2. The minimum atomic E-state index is -0.318. The van der Waals surface area contributed by atoms with Crippen LogP contribution in [0.4, 0.5) is 0 Å². The lowest BCUT2D eigenvalue weighted by Crippen LogP contribution is -2.36. The maximum Gasteiger partial charge on any atom is 0.212 e. The van der Waals surface area contributed by atoms with Gasteiger partial charge in [0.2, 0.25) is 5.88 Å². The molecular formula is C22H26N4O2. The highest BCUT2D eigenvalue weighted by atomic mass is 16.5. The topological polar surface area (TPSA) is 63.4 Å². The van der Waals surface area contributed by atoms with Crippen LogP contribution in [0.25, 0.3) is 11.0 Å². The number of aliphatic hydroxyl groups is 1. The average molecular weight is 378 g/mol. The number of nitrogens with zero attached hydrogens (tertiary/aromatic N) is 4. The molecule has 3 heterocycles. The Morgan fingerprint density at radius 3 is 2.68 bits per heavy atom. The summed E-state index contributed by atoms with van der Waals surface area (Å²) in [6.45, 7) is 3.02. The molecule has 5 rings (SSSR count). The molecule has 1 saturated heterocycles. The molecule has 6 heteroatoms. The first kappa shape index (κ1) is 17.6. The van der Waals surface area contributed by atoms with Crippen molar-refractivity contribution < 1.29 is 9.84 Å². The van der Waals surface area contributed by atoms with Gasteiger partial charge in [-0.05, 0) is 42.4 Å². The quantitative estimate of drug-likeness (QED) is 0.756. The largest absolute Gasteiger partial charge is 0.481 e. The van der Waals surface area contributed by atoms with Crippen LogP contribution in [0.2, 0.25) is 0 Å². The molecule has 146 valence electrons. The second-order valence-corrected chi connectivity index (χ2v) is 8.17. The van der Waals surface area contributed by atoms with E-state index in [0.717, 1.165) is 43.5 Å². The van der Waals surface area contributed by atoms with E-state index in [1.807, 2.05) is 36.8 Å². The summed E-state index contributed by atoms with van der Waals surface area (Å²) in [5.41, 5.74) is 3.32. The molecule has 0 unspecified atom stereocenters. The highest BCUT2D eigenvalue weighted by Gasteiger charge is 2.42. The summed E-state index contributed by atoms with van der Waals surface area (Å²) in [6.07, 6.45) is 5.34. The van der Waals surface area contributed by atoms with Crippen LogP contribution in [0.15, 0.2) is 48.9 Å². The second kappa shape index (κ2) is 7.18. The Balaban J connectivity index is 1.30. The third kappa shape index (κ3) is 3.16. The van der Waals surface area contributed by atoms with Gasteiger partial charge in [0, 0.05) is 31.9 Å². The van der Waals surface area contributed by atoms with E-state index < -0.39 is 0 Å². The van der Waals surface area contributed by atoms with Gasteiger partial charge in [-0.25, -0.2) is 9.97 Å². The van der Waals surface area contributed by atoms with Gasteiger partial charge in [0.1, 0.15) is 0 Å². The van der Waals surface area contributed by atoms with E-state index >= 15 is 0 Å². The standard InChI is InChI=1S/C22H26N4O2/c1-28-22-7-6-15(10-23-22)11-25-12-16-8-20(21(27)9-17(16)13-25)26-14-24-18-4-2-3-5-19(18)26/h2-7,10,14,16-17,20-21,27H,8-9,11-13H2,1H3/t16-,17+,20-,21-/m1/s1. The van der Waals surface area contributed by atoms with Crippen LogP contribution in [0.3, 0.4) is 0 Å². The number of rotatable bonds is 4. The van der Waals surface area contributed by atoms with Crippen LogP contribution in [-0.4, -0.2) is 50.8 Å². The van der Waals surface area contributed by atoms with Crippen LogP contribution < -0.4 is 4.74 Å². The molecule has 1 N–H and O–H groups in total. The molecular weight excluding hydrogens is 352 g/mol. The number of pyridine rings is 1. The van der Waals surface area contributed by atoms with Crippen molar-refractivity contribution in [2.45, 2.75) is 31.5 Å². The molecule has 6 nitrogen and oxygen atoms in total. The first-order valence-electron chi connectivity index (χ1n) is 10.0. The summed E-state index contributed by atoms with van der Waals surface area (Å²) in [5, 5.41) is 10.9. The summed E-state index contributed by atoms with van der Waals surface area (Å²) in [7, 11) is 1.64. The van der Waals surface area contributed by atoms with Gasteiger partial charge < -0.3 is 14.4 Å². The summed E-state index contributed by atoms with van der Waals surface area (Å²) in [5.74, 6) is 1.82. The molecule has 3 aromatic rings. The van der Waals surface area contributed by atoms with Gasteiger partial charge in [-0.3, -0.25) is 4.90 Å². The number of benzene rings is 1. The SMILES string of the molecule is COc1ccc(CN2C[C@H]3C[C@@H](n4cnc5ccccc54)[C@H](O)C[C@H]3C2)cn1. The molecule has 2 aromatic heterocycles. The first-order valence-corrected chi connectivity index (χ1v) is 10.0. The lowest BCUT2D eigenvalue weighted by atomic mass is 9.77. The van der Waals surface area contributed by atoms with Crippen molar-refractivity contribution in [2.24, 2.45) is 11.8 Å². The molecule has 28 heavy (non-hydrogen) atoms. The van der Waals surface area contributed by atoms with E-state index in [2.05, 4.69) is 31.6 Å². The van der Waals surface area contributed by atoms with E-state index in [1.54, 1.807) is 7.11 Å². The minimum absolute atomic E-state index is 0.108. The van der Waals surface area contributed by atoms with Crippen LogP contribution >= 0.6 is 0 Å². The van der Waals surface area contributed by atoms with Crippen molar-refractivity contribution >= 4 is 11.0 Å². The predicted octanol–water partition coefficient (Wildman–Crippen LogP) is 2.88. The Bertz CT molecular complexity index is 955. The van der Waals surface area contributed by atoms with Crippen LogP contribution in [0.5, 0.6) is 5.88 Å². The molecule has 1 saturated carbocycles. The summed E-state index contributed by atoms with van der Waals surface area (Å²) in [4.78, 5) is 11.3. The lowest BCUT2D eigenvalue weighted by Gasteiger charge is -2.36.